The second-order valence-electron chi connectivity index (χ2n) is 13.4. The number of methoxy groups -OCH3 is 2. The minimum atomic E-state index is -0.549. The number of aromatic amines is 2. The second kappa shape index (κ2) is 15.3. The number of fused-ring (bicyclic) bond motifs is 2. The van der Waals surface area contributed by atoms with Gasteiger partial charge in [0.05, 0.1) is 49.2 Å². The van der Waals surface area contributed by atoms with Gasteiger partial charge in [-0.3, -0.25) is 14.4 Å². The molecule has 7 rings (SSSR count). The molecule has 0 aliphatic carbocycles. The summed E-state index contributed by atoms with van der Waals surface area (Å²) in [7, 11) is 2.66. The van der Waals surface area contributed by atoms with Crippen LogP contribution in [0.15, 0.2) is 60.8 Å². The molecule has 0 saturated carbocycles. The fourth-order valence-corrected chi connectivity index (χ4v) is 7.43. The number of rotatable bonds is 11. The summed E-state index contributed by atoms with van der Waals surface area (Å²) in [6, 6.07) is 18.7. The number of imidazole rings is 2. The van der Waals surface area contributed by atoms with Gasteiger partial charge in [-0.2, -0.15) is 0 Å². The Bertz CT molecular complexity index is 2120. The van der Waals surface area contributed by atoms with Crippen LogP contribution in [0.5, 0.6) is 0 Å². The number of esters is 1. The highest BCUT2D eigenvalue weighted by atomic mass is 16.5. The minimum Gasteiger partial charge on any atom is -0.469 e. The normalized spacial score (nSPS) is 17.2. The lowest BCUT2D eigenvalue weighted by Crippen LogP contribution is -2.34. The Labute approximate surface area is 301 Å². The van der Waals surface area contributed by atoms with Crippen molar-refractivity contribution >= 4 is 45.7 Å². The molecule has 2 saturated heterocycles. The van der Waals surface area contributed by atoms with E-state index in [-0.39, 0.29) is 49.3 Å². The van der Waals surface area contributed by atoms with Gasteiger partial charge >= 0.3 is 12.1 Å². The molecule has 3 N–H and O–H groups in total. The van der Waals surface area contributed by atoms with E-state index in [0.717, 1.165) is 81.5 Å². The molecule has 2 fully saturated rings. The fourth-order valence-electron chi connectivity index (χ4n) is 7.43. The molecule has 0 unspecified atom stereocenters. The maximum atomic E-state index is 13.0. The highest BCUT2D eigenvalue weighted by molar-refractivity contribution is 5.92. The molecule has 13 nitrogen and oxygen atoms in total. The van der Waals surface area contributed by atoms with Crippen LogP contribution in [0, 0.1) is 0 Å². The number of alkyl carbamates (subject to hydrolysis) is 1. The Kier molecular flexibility index (Phi) is 10.2. The lowest BCUT2D eigenvalue weighted by Gasteiger charge is -2.23. The lowest BCUT2D eigenvalue weighted by molar-refractivity contribution is -0.141. The molecule has 2 aliphatic heterocycles. The van der Waals surface area contributed by atoms with E-state index in [4.69, 9.17) is 9.72 Å². The zero-order chi connectivity index (χ0) is 36.2. The molecule has 2 aromatic heterocycles. The first-order valence-corrected chi connectivity index (χ1v) is 17.9. The molecule has 3 amide bonds. The zero-order valence-corrected chi connectivity index (χ0v) is 29.4. The third-order valence-electron chi connectivity index (χ3n) is 10.2. The number of nitrogens with one attached hydrogen (secondary N) is 3. The molecular weight excluding hydrogens is 662 g/mol. The molecule has 52 heavy (non-hydrogen) atoms. The van der Waals surface area contributed by atoms with E-state index in [1.165, 1.54) is 14.2 Å². The largest absolute Gasteiger partial charge is 0.469 e. The summed E-state index contributed by atoms with van der Waals surface area (Å²) in [6.07, 6.45) is 5.97. The first-order chi connectivity index (χ1) is 25.3. The van der Waals surface area contributed by atoms with Crippen LogP contribution in [0.1, 0.15) is 75.1 Å². The van der Waals surface area contributed by atoms with Gasteiger partial charge < -0.3 is 34.6 Å². The third-order valence-corrected chi connectivity index (χ3v) is 10.2. The van der Waals surface area contributed by atoms with Crippen LogP contribution in [0.4, 0.5) is 4.79 Å². The van der Waals surface area contributed by atoms with Crippen LogP contribution in [-0.2, 0) is 23.9 Å². The predicted molar refractivity (Wildman–Crippen MR) is 195 cm³/mol. The number of nitrogens with zero attached hydrogens (tertiary/aromatic N) is 4. The number of likely N-dealkylation sites (tertiary alicyclic amines) is 2. The number of carbonyl (C=O) groups excluding carboxylic acids is 4. The van der Waals surface area contributed by atoms with Gasteiger partial charge in [-0.1, -0.05) is 30.3 Å². The SMILES string of the molecule is COC(=O)CCCC(=O)N1CCC[C@H]1c1nc2ccc(-c3ccc4cc(-c5cnc([C@@H]6CCCN6C(=O)CCNC(=O)OC)[nH]5)ccc4c3)cc2[nH]1. The Morgan fingerprint density at radius 3 is 2.15 bits per heavy atom. The van der Waals surface area contributed by atoms with Gasteiger partial charge in [0.1, 0.15) is 11.6 Å². The van der Waals surface area contributed by atoms with E-state index >= 15 is 0 Å². The molecule has 5 aromatic rings. The van der Waals surface area contributed by atoms with Crippen LogP contribution >= 0.6 is 0 Å². The number of hydrogen-bond acceptors (Lipinski definition) is 8. The van der Waals surface area contributed by atoms with Crippen molar-refractivity contribution in [3.05, 3.63) is 72.4 Å². The van der Waals surface area contributed by atoms with E-state index in [0.29, 0.717) is 25.9 Å². The van der Waals surface area contributed by atoms with Crippen LogP contribution in [-0.4, -0.2) is 87.5 Å². The van der Waals surface area contributed by atoms with Crippen molar-refractivity contribution in [1.29, 1.82) is 0 Å². The summed E-state index contributed by atoms with van der Waals surface area (Å²) in [5, 5.41) is 4.76. The molecule has 0 spiro atoms. The number of ether oxygens (including phenoxy) is 2. The van der Waals surface area contributed by atoms with Gasteiger partial charge in [0.15, 0.2) is 0 Å². The molecule has 3 aromatic carbocycles. The van der Waals surface area contributed by atoms with E-state index in [2.05, 4.69) is 73.5 Å². The zero-order valence-electron chi connectivity index (χ0n) is 29.4. The number of carbonyl (C=O) groups is 4. The van der Waals surface area contributed by atoms with Crippen molar-refractivity contribution < 1.29 is 28.7 Å². The van der Waals surface area contributed by atoms with E-state index in [1.54, 1.807) is 0 Å². The summed E-state index contributed by atoms with van der Waals surface area (Å²) >= 11 is 0. The first-order valence-electron chi connectivity index (χ1n) is 17.9. The molecular formula is C39H43N7O6. The van der Waals surface area contributed by atoms with Crippen molar-refractivity contribution in [2.45, 2.75) is 63.5 Å². The van der Waals surface area contributed by atoms with Gasteiger partial charge in [-0.15, -0.1) is 0 Å². The van der Waals surface area contributed by atoms with Crippen LogP contribution in [0.3, 0.4) is 0 Å². The minimum absolute atomic E-state index is 0.0251. The topological polar surface area (TPSA) is 163 Å². The Balaban J connectivity index is 1.03. The van der Waals surface area contributed by atoms with Gasteiger partial charge in [0, 0.05) is 44.5 Å². The summed E-state index contributed by atoms with van der Waals surface area (Å²) in [5.41, 5.74) is 5.81. The monoisotopic (exact) mass is 705 g/mol. The Morgan fingerprint density at radius 1 is 0.769 bits per heavy atom. The molecule has 13 heteroatoms. The van der Waals surface area contributed by atoms with Crippen molar-refractivity contribution in [3.63, 3.8) is 0 Å². The standard InChI is InChI=1S/C39H43N7O6/c1-51-36(49)9-3-8-34(47)46-19-5-7-33(46)38-42-29-15-14-27(22-30(29)43-38)25-10-11-26-21-28(13-12-24(26)20-25)31-23-41-37(44-31)32-6-4-18-45(32)35(48)16-17-40-39(50)52-2/h10-15,20-23,32-33H,3-9,16-19H2,1-2H3,(H,40,50)(H,41,44)(H,42,43)/t32-,33-/m0/s1. The number of amides is 3. The number of hydrogen-bond donors (Lipinski definition) is 3. The molecule has 0 bridgehead atoms. The van der Waals surface area contributed by atoms with Crippen molar-refractivity contribution in [2.24, 2.45) is 0 Å². The molecule has 270 valence electrons. The van der Waals surface area contributed by atoms with E-state index in [1.807, 2.05) is 22.1 Å². The van der Waals surface area contributed by atoms with Crippen LogP contribution in [0.25, 0.3) is 44.2 Å². The number of H-pyrrole nitrogens is 2. The Hall–Kier alpha value is -5.72. The highest BCUT2D eigenvalue weighted by Crippen LogP contribution is 2.35. The summed E-state index contributed by atoms with van der Waals surface area (Å²) in [4.78, 5) is 69.0. The third kappa shape index (κ3) is 7.34. The maximum absolute atomic E-state index is 13.0. The first kappa shape index (κ1) is 34.7. The molecule has 2 atom stereocenters. The molecule has 4 heterocycles. The van der Waals surface area contributed by atoms with E-state index < -0.39 is 6.09 Å². The predicted octanol–water partition coefficient (Wildman–Crippen LogP) is 6.19. The number of aromatic nitrogens is 4. The average Bonchev–Trinajstić information content (AvgIpc) is 3.99. The van der Waals surface area contributed by atoms with Crippen molar-refractivity contribution in [3.8, 4) is 22.4 Å². The van der Waals surface area contributed by atoms with Gasteiger partial charge in [-0.25, -0.2) is 14.8 Å². The molecule has 0 radical (unpaired) electrons. The summed E-state index contributed by atoms with van der Waals surface area (Å²) < 4.78 is 9.29. The van der Waals surface area contributed by atoms with Gasteiger partial charge in [-0.05, 0) is 78.3 Å². The van der Waals surface area contributed by atoms with Crippen LogP contribution in [0.2, 0.25) is 0 Å². The van der Waals surface area contributed by atoms with Gasteiger partial charge in [0.2, 0.25) is 11.8 Å². The van der Waals surface area contributed by atoms with Crippen LogP contribution < -0.4 is 5.32 Å². The summed E-state index contributed by atoms with van der Waals surface area (Å²) in [5.74, 6) is 1.27. The lowest BCUT2D eigenvalue weighted by atomic mass is 9.99. The van der Waals surface area contributed by atoms with Crippen molar-refractivity contribution in [2.75, 3.05) is 33.9 Å². The molecule has 2 aliphatic rings. The fraction of sp³-hybridized carbons (Fsp3) is 0.385. The number of benzene rings is 3. The van der Waals surface area contributed by atoms with Crippen molar-refractivity contribution in [1.82, 2.24) is 35.1 Å². The quantitative estimate of drug-likeness (QED) is 0.137. The van der Waals surface area contributed by atoms with Gasteiger partial charge in [0.25, 0.3) is 0 Å². The second-order valence-corrected chi connectivity index (χ2v) is 13.4. The Morgan fingerprint density at radius 2 is 1.42 bits per heavy atom. The summed E-state index contributed by atoms with van der Waals surface area (Å²) in [6.45, 7) is 1.57. The maximum Gasteiger partial charge on any atom is 0.406 e. The highest BCUT2D eigenvalue weighted by Gasteiger charge is 2.33. The average molecular weight is 706 g/mol. The smallest absolute Gasteiger partial charge is 0.406 e. The van der Waals surface area contributed by atoms with E-state index in [9.17, 15) is 19.2 Å².